The lowest BCUT2D eigenvalue weighted by atomic mass is 9.85. The van der Waals surface area contributed by atoms with Crippen molar-refractivity contribution in [1.82, 2.24) is 24.0 Å². The van der Waals surface area contributed by atoms with Gasteiger partial charge in [-0.3, -0.25) is 13.9 Å². The van der Waals surface area contributed by atoms with Gasteiger partial charge in [0.2, 0.25) is 0 Å². The second kappa shape index (κ2) is 8.96. The Balaban J connectivity index is 2.01. The number of imidazole rings is 1. The molecule has 0 bridgehead atoms. The van der Waals surface area contributed by atoms with Crippen molar-refractivity contribution in [3.8, 4) is 0 Å². The van der Waals surface area contributed by atoms with Gasteiger partial charge >= 0.3 is 11.8 Å². The minimum atomic E-state index is -0.554. The number of nitrogens with one attached hydrogen (secondary N) is 1. The van der Waals surface area contributed by atoms with Crippen LogP contribution in [0, 0.1) is 0 Å². The fourth-order valence-electron chi connectivity index (χ4n) is 4.26. The highest BCUT2D eigenvalue weighted by molar-refractivity contribution is 5.71. The van der Waals surface area contributed by atoms with Gasteiger partial charge < -0.3 is 14.6 Å². The first kappa shape index (κ1) is 23.8. The van der Waals surface area contributed by atoms with E-state index >= 15 is 0 Å². The van der Waals surface area contributed by atoms with Crippen molar-refractivity contribution in [2.75, 3.05) is 0 Å². The molecule has 9 heteroatoms. The van der Waals surface area contributed by atoms with Crippen LogP contribution in [-0.4, -0.2) is 36.4 Å². The number of alkyl carbamates (subject to hydrolysis) is 1. The number of aryl methyl sites for hydroxylation is 1. The summed E-state index contributed by atoms with van der Waals surface area (Å²) < 4.78 is 9.90. The number of hydrogen-bond acceptors (Lipinski definition) is 5. The Labute approximate surface area is 188 Å². The van der Waals surface area contributed by atoms with E-state index < -0.39 is 17.4 Å². The van der Waals surface area contributed by atoms with Crippen LogP contribution in [0.25, 0.3) is 11.2 Å². The predicted molar refractivity (Wildman–Crippen MR) is 124 cm³/mol. The van der Waals surface area contributed by atoms with E-state index in [1.807, 2.05) is 39.2 Å². The molecule has 1 fully saturated rings. The summed E-state index contributed by atoms with van der Waals surface area (Å²) in [5.74, 6) is 0.841. The maximum Gasteiger partial charge on any atom is 0.407 e. The van der Waals surface area contributed by atoms with Crippen LogP contribution in [0.3, 0.4) is 0 Å². The number of ether oxygens (including phenoxy) is 1. The lowest BCUT2D eigenvalue weighted by Gasteiger charge is -2.30. The number of nitrogens with zero attached hydrogens (tertiary/aromatic N) is 4. The fourth-order valence-corrected chi connectivity index (χ4v) is 4.26. The van der Waals surface area contributed by atoms with E-state index in [1.54, 1.807) is 7.05 Å². The summed E-state index contributed by atoms with van der Waals surface area (Å²) in [6, 6.07) is -0.0352. The number of carbonyl (C=O) groups excluding carboxylic acids is 1. The second-order valence-corrected chi connectivity index (χ2v) is 9.95. The van der Waals surface area contributed by atoms with Gasteiger partial charge in [-0.1, -0.05) is 18.1 Å². The Bertz CT molecular complexity index is 1160. The second-order valence-electron chi connectivity index (χ2n) is 9.95. The predicted octanol–water partition coefficient (Wildman–Crippen LogP) is 2.95. The molecule has 3 rings (SSSR count). The molecule has 2 heterocycles. The molecule has 2 aromatic heterocycles. The summed E-state index contributed by atoms with van der Waals surface area (Å²) in [4.78, 5) is 42.5. The Morgan fingerprint density at radius 1 is 1.19 bits per heavy atom. The molecule has 2 aromatic rings. The lowest BCUT2D eigenvalue weighted by Crippen LogP contribution is -2.41. The molecule has 1 aliphatic rings. The highest BCUT2D eigenvalue weighted by Crippen LogP contribution is 2.34. The lowest BCUT2D eigenvalue weighted by molar-refractivity contribution is 0.0490. The molecule has 1 saturated carbocycles. The largest absolute Gasteiger partial charge is 0.444 e. The molecule has 176 valence electrons. The molecule has 1 amide bonds. The number of allylic oxidation sites excluding steroid dienone is 2. The molecule has 0 spiro atoms. The Morgan fingerprint density at radius 2 is 1.88 bits per heavy atom. The molecular weight excluding hydrogens is 410 g/mol. The van der Waals surface area contributed by atoms with Crippen LogP contribution in [0.5, 0.6) is 0 Å². The van der Waals surface area contributed by atoms with Crippen molar-refractivity contribution in [1.29, 1.82) is 0 Å². The summed E-state index contributed by atoms with van der Waals surface area (Å²) in [6.07, 6.45) is 5.02. The molecule has 1 N–H and O–H groups in total. The third kappa shape index (κ3) is 4.97. The van der Waals surface area contributed by atoms with E-state index in [4.69, 9.17) is 9.72 Å². The van der Waals surface area contributed by atoms with Crippen LogP contribution in [-0.2, 0) is 25.4 Å². The van der Waals surface area contributed by atoms with Crippen LogP contribution < -0.4 is 16.6 Å². The Hall–Kier alpha value is -2.84. The molecule has 9 nitrogen and oxygen atoms in total. The van der Waals surface area contributed by atoms with Gasteiger partial charge in [-0.25, -0.2) is 14.6 Å². The van der Waals surface area contributed by atoms with Crippen LogP contribution >= 0.6 is 0 Å². The normalized spacial score (nSPS) is 19.1. The first-order chi connectivity index (χ1) is 14.9. The van der Waals surface area contributed by atoms with Gasteiger partial charge in [0.15, 0.2) is 11.2 Å². The van der Waals surface area contributed by atoms with Gasteiger partial charge in [-0.05, 0) is 53.9 Å². The quantitative estimate of drug-likeness (QED) is 0.730. The summed E-state index contributed by atoms with van der Waals surface area (Å²) in [7, 11) is 3.13. The Morgan fingerprint density at radius 3 is 2.50 bits per heavy atom. The summed E-state index contributed by atoms with van der Waals surface area (Å²) in [6.45, 7) is 10.0. The van der Waals surface area contributed by atoms with E-state index in [2.05, 4.69) is 11.4 Å². The van der Waals surface area contributed by atoms with Crippen molar-refractivity contribution in [2.24, 2.45) is 14.1 Å². The topological polar surface area (TPSA) is 100 Å². The zero-order valence-electron chi connectivity index (χ0n) is 20.2. The summed E-state index contributed by atoms with van der Waals surface area (Å²) in [5.41, 5.74) is 0.674. The molecule has 1 aliphatic carbocycles. The van der Waals surface area contributed by atoms with Crippen molar-refractivity contribution >= 4 is 17.3 Å². The van der Waals surface area contributed by atoms with Crippen LogP contribution in [0.1, 0.15) is 72.0 Å². The maximum absolute atomic E-state index is 13.0. The van der Waals surface area contributed by atoms with E-state index in [0.717, 1.165) is 35.2 Å². The van der Waals surface area contributed by atoms with E-state index in [-0.39, 0.29) is 17.5 Å². The van der Waals surface area contributed by atoms with Crippen molar-refractivity contribution in [2.45, 2.75) is 84.4 Å². The zero-order valence-corrected chi connectivity index (χ0v) is 20.2. The molecule has 0 aromatic carbocycles. The van der Waals surface area contributed by atoms with Crippen LogP contribution in [0.15, 0.2) is 21.2 Å². The van der Waals surface area contributed by atoms with Crippen LogP contribution in [0.2, 0.25) is 0 Å². The van der Waals surface area contributed by atoms with Crippen molar-refractivity contribution in [3.63, 3.8) is 0 Å². The number of fused-ring (bicyclic) bond motifs is 1. The van der Waals surface area contributed by atoms with Gasteiger partial charge in [0.25, 0.3) is 5.56 Å². The van der Waals surface area contributed by atoms with Crippen molar-refractivity contribution in [3.05, 3.63) is 38.3 Å². The van der Waals surface area contributed by atoms with Gasteiger partial charge in [0, 0.05) is 32.6 Å². The number of carbonyl (C=O) groups is 1. The number of aromatic nitrogens is 4. The van der Waals surface area contributed by atoms with Gasteiger partial charge in [-0.15, -0.1) is 0 Å². The SMILES string of the molecule is CC(C)=CCn1c([C@@H]2CCC[C@H](NC(=O)OC(C)(C)C)C2)nc2c1c(=O)n(C)c(=O)n2C. The Kier molecular flexibility index (Phi) is 6.67. The molecule has 2 atom stereocenters. The van der Waals surface area contributed by atoms with E-state index in [0.29, 0.717) is 24.1 Å². The van der Waals surface area contributed by atoms with Gasteiger partial charge in [0.1, 0.15) is 11.4 Å². The fraction of sp³-hybridized carbons (Fsp3) is 0.652. The molecule has 0 unspecified atom stereocenters. The highest BCUT2D eigenvalue weighted by atomic mass is 16.6. The minimum Gasteiger partial charge on any atom is -0.444 e. The average Bonchev–Trinajstić information content (AvgIpc) is 3.07. The molecule has 0 saturated heterocycles. The third-order valence-electron chi connectivity index (χ3n) is 5.82. The summed E-state index contributed by atoms with van der Waals surface area (Å²) in [5, 5.41) is 2.99. The smallest absolute Gasteiger partial charge is 0.407 e. The van der Waals surface area contributed by atoms with Crippen LogP contribution in [0.4, 0.5) is 4.79 Å². The summed E-state index contributed by atoms with van der Waals surface area (Å²) >= 11 is 0. The highest BCUT2D eigenvalue weighted by Gasteiger charge is 2.30. The number of amides is 1. The van der Waals surface area contributed by atoms with Crippen molar-refractivity contribution < 1.29 is 9.53 Å². The minimum absolute atomic E-state index is 0.0352. The van der Waals surface area contributed by atoms with E-state index in [1.165, 1.54) is 11.6 Å². The first-order valence-electron chi connectivity index (χ1n) is 11.2. The van der Waals surface area contributed by atoms with Gasteiger partial charge in [-0.2, -0.15) is 0 Å². The number of rotatable bonds is 4. The molecular formula is C23H35N5O4. The monoisotopic (exact) mass is 445 g/mol. The van der Waals surface area contributed by atoms with Gasteiger partial charge in [0.05, 0.1) is 0 Å². The first-order valence-corrected chi connectivity index (χ1v) is 11.2. The standard InChI is InChI=1S/C23H35N5O4/c1-14(2)11-12-28-17-19(26(6)22(31)27(7)20(17)29)25-18(28)15-9-8-10-16(13-15)24-21(30)32-23(3,4)5/h11,15-16H,8-10,12-13H2,1-7H3,(H,24,30)/t15-,16+/m1/s1. The molecule has 32 heavy (non-hydrogen) atoms. The average molecular weight is 446 g/mol. The maximum atomic E-state index is 13.0. The molecule has 0 aliphatic heterocycles. The van der Waals surface area contributed by atoms with E-state index in [9.17, 15) is 14.4 Å². The zero-order chi connectivity index (χ0) is 23.8. The third-order valence-corrected chi connectivity index (χ3v) is 5.82. The molecule has 0 radical (unpaired) electrons. The number of hydrogen-bond donors (Lipinski definition) is 1.